The number of rotatable bonds is 3. The van der Waals surface area contributed by atoms with Crippen molar-refractivity contribution >= 4 is 23.8 Å². The molecule has 32 heavy (non-hydrogen) atoms. The van der Waals surface area contributed by atoms with Crippen molar-refractivity contribution in [2.24, 2.45) is 0 Å². The topological polar surface area (TPSA) is 18.5 Å². The lowest BCUT2D eigenvalue weighted by Gasteiger charge is -2.39. The molecule has 0 radical (unpaired) electrons. The second-order valence-electron chi connectivity index (χ2n) is 8.70. The van der Waals surface area contributed by atoms with E-state index in [1.165, 1.54) is 38.2 Å². The number of aryl methyl sites for hydroxylation is 2. The summed E-state index contributed by atoms with van der Waals surface area (Å²) in [5.74, 6) is 2.27. The molecule has 0 aromatic heterocycles. The average molecular weight is 436 g/mol. The number of benzene rings is 4. The molecule has 6 rings (SSSR count). The summed E-state index contributed by atoms with van der Waals surface area (Å²) < 4.78 is 12.9. The molecule has 0 amide bonds. The molecule has 0 spiro atoms. The van der Waals surface area contributed by atoms with E-state index in [2.05, 4.69) is 105 Å². The van der Waals surface area contributed by atoms with Gasteiger partial charge in [-0.25, -0.2) is 0 Å². The molecule has 158 valence electrons. The van der Waals surface area contributed by atoms with Crippen molar-refractivity contribution in [1.29, 1.82) is 0 Å². The molecule has 2 unspecified atom stereocenters. The van der Waals surface area contributed by atoms with Gasteiger partial charge in [-0.15, -0.1) is 0 Å². The van der Waals surface area contributed by atoms with E-state index < -0.39 is 7.92 Å². The van der Waals surface area contributed by atoms with Crippen molar-refractivity contribution in [3.63, 3.8) is 0 Å². The van der Waals surface area contributed by atoms with E-state index in [0.29, 0.717) is 5.92 Å². The Morgan fingerprint density at radius 1 is 0.688 bits per heavy atom. The zero-order chi connectivity index (χ0) is 21.7. The summed E-state index contributed by atoms with van der Waals surface area (Å²) in [6, 6.07) is 32.8. The van der Waals surface area contributed by atoms with Crippen molar-refractivity contribution in [2.45, 2.75) is 32.5 Å². The van der Waals surface area contributed by atoms with Crippen LogP contribution in [0.3, 0.4) is 0 Å². The molecular formula is C29H25O2P. The van der Waals surface area contributed by atoms with Gasteiger partial charge in [-0.3, -0.25) is 0 Å². The number of ether oxygens (including phenoxy) is 2. The summed E-state index contributed by atoms with van der Waals surface area (Å²) in [5.41, 5.74) is 5.13. The number of hydrogen-bond donors (Lipinski definition) is 0. The van der Waals surface area contributed by atoms with Crippen molar-refractivity contribution in [2.75, 3.05) is 0 Å². The normalized spacial score (nSPS) is 18.3. The molecule has 0 saturated heterocycles. The van der Waals surface area contributed by atoms with Gasteiger partial charge in [-0.05, 0) is 50.1 Å². The summed E-state index contributed by atoms with van der Waals surface area (Å²) in [7, 11) is -0.750. The van der Waals surface area contributed by atoms with Crippen LogP contribution in [0.2, 0.25) is 0 Å². The van der Waals surface area contributed by atoms with Gasteiger partial charge in [-0.1, -0.05) is 84.4 Å². The van der Waals surface area contributed by atoms with Crippen LogP contribution in [0.5, 0.6) is 11.5 Å². The Morgan fingerprint density at radius 3 is 2.03 bits per heavy atom. The Labute approximate surface area is 190 Å². The molecule has 4 aromatic rings. The molecule has 2 aliphatic heterocycles. The molecule has 2 atom stereocenters. The van der Waals surface area contributed by atoms with E-state index in [4.69, 9.17) is 9.47 Å². The van der Waals surface area contributed by atoms with Crippen molar-refractivity contribution in [3.8, 4) is 11.5 Å². The third kappa shape index (κ3) is 3.31. The van der Waals surface area contributed by atoms with Crippen LogP contribution >= 0.6 is 7.92 Å². The van der Waals surface area contributed by atoms with Gasteiger partial charge >= 0.3 is 0 Å². The maximum atomic E-state index is 6.59. The van der Waals surface area contributed by atoms with Gasteiger partial charge < -0.3 is 9.47 Å². The summed E-state index contributed by atoms with van der Waals surface area (Å²) in [6.45, 7) is 4.36. The molecule has 0 aliphatic carbocycles. The largest absolute Gasteiger partial charge is 0.455 e. The van der Waals surface area contributed by atoms with Crippen molar-refractivity contribution < 1.29 is 9.47 Å². The third-order valence-electron chi connectivity index (χ3n) is 6.36. The van der Waals surface area contributed by atoms with Crippen molar-refractivity contribution in [1.82, 2.24) is 0 Å². The van der Waals surface area contributed by atoms with Crippen molar-refractivity contribution in [3.05, 3.63) is 113 Å². The van der Waals surface area contributed by atoms with Crippen LogP contribution in [0.1, 0.15) is 34.6 Å². The van der Waals surface area contributed by atoms with Gasteiger partial charge in [0.2, 0.25) is 6.29 Å². The minimum absolute atomic E-state index is 0.243. The van der Waals surface area contributed by atoms with Crippen LogP contribution in [0.4, 0.5) is 0 Å². The first-order valence-corrected chi connectivity index (χ1v) is 12.5. The Balaban J connectivity index is 1.58. The predicted molar refractivity (Wildman–Crippen MR) is 133 cm³/mol. The highest BCUT2D eigenvalue weighted by Gasteiger charge is 2.39. The highest BCUT2D eigenvalue weighted by atomic mass is 31.1. The van der Waals surface area contributed by atoms with E-state index >= 15 is 0 Å². The highest BCUT2D eigenvalue weighted by Crippen LogP contribution is 2.50. The molecule has 2 aliphatic rings. The van der Waals surface area contributed by atoms with Crippen LogP contribution in [0, 0.1) is 13.8 Å². The zero-order valence-corrected chi connectivity index (χ0v) is 19.2. The smallest absolute Gasteiger partial charge is 0.242 e. The zero-order valence-electron chi connectivity index (χ0n) is 18.3. The van der Waals surface area contributed by atoms with Gasteiger partial charge in [-0.2, -0.15) is 0 Å². The summed E-state index contributed by atoms with van der Waals surface area (Å²) in [6.07, 6.45) is 0.619. The fourth-order valence-electron chi connectivity index (χ4n) is 4.97. The minimum atomic E-state index is -0.750. The summed E-state index contributed by atoms with van der Waals surface area (Å²) in [5, 5.41) is 3.94. The van der Waals surface area contributed by atoms with E-state index in [1.54, 1.807) is 0 Å². The molecule has 3 heteroatoms. The SMILES string of the molecule is Cc1ccc2c(c1)C1CC(O2)Oc2c1cc(C)cc2P(c1ccccc1)c1ccccc1. The van der Waals surface area contributed by atoms with Crippen LogP contribution in [-0.2, 0) is 0 Å². The molecule has 0 fully saturated rings. The lowest BCUT2D eigenvalue weighted by molar-refractivity contribution is -0.0256. The highest BCUT2D eigenvalue weighted by molar-refractivity contribution is 7.80. The van der Waals surface area contributed by atoms with E-state index in [0.717, 1.165) is 17.9 Å². The van der Waals surface area contributed by atoms with Gasteiger partial charge in [0.05, 0.1) is 0 Å². The van der Waals surface area contributed by atoms with Gasteiger partial charge in [0, 0.05) is 28.8 Å². The lowest BCUT2D eigenvalue weighted by Crippen LogP contribution is -2.38. The van der Waals surface area contributed by atoms with Gasteiger partial charge in [0.25, 0.3) is 0 Å². The van der Waals surface area contributed by atoms with Gasteiger partial charge in [0.1, 0.15) is 11.5 Å². The van der Waals surface area contributed by atoms with Gasteiger partial charge in [0.15, 0.2) is 0 Å². The second kappa shape index (κ2) is 7.80. The molecule has 2 bridgehead atoms. The van der Waals surface area contributed by atoms with Crippen LogP contribution in [0.25, 0.3) is 0 Å². The summed E-state index contributed by atoms with van der Waals surface area (Å²) in [4.78, 5) is 0. The molecule has 0 saturated carbocycles. The number of hydrogen-bond acceptors (Lipinski definition) is 2. The Bertz CT molecular complexity index is 1240. The maximum Gasteiger partial charge on any atom is 0.242 e. The van der Waals surface area contributed by atoms with E-state index in [-0.39, 0.29) is 6.29 Å². The molecule has 0 N–H and O–H groups in total. The Hall–Kier alpha value is -3.09. The second-order valence-corrected chi connectivity index (χ2v) is 10.9. The van der Waals surface area contributed by atoms with Crippen LogP contribution < -0.4 is 25.4 Å². The molecule has 2 nitrogen and oxygen atoms in total. The van der Waals surface area contributed by atoms with E-state index in [9.17, 15) is 0 Å². The standard InChI is InChI=1S/C29H25O2P/c1-19-13-14-26-24(15-19)23-18-28(30-26)31-29-25(23)16-20(2)17-27(29)32(21-9-5-3-6-10-21)22-11-7-4-8-12-22/h3-17,23,28H,18H2,1-2H3. The summed E-state index contributed by atoms with van der Waals surface area (Å²) >= 11 is 0. The first-order chi connectivity index (χ1) is 15.7. The quantitative estimate of drug-likeness (QED) is 0.384. The Morgan fingerprint density at radius 2 is 1.34 bits per heavy atom. The minimum Gasteiger partial charge on any atom is -0.455 e. The third-order valence-corrected chi connectivity index (χ3v) is 8.81. The monoisotopic (exact) mass is 436 g/mol. The first kappa shape index (κ1) is 19.6. The molecule has 2 heterocycles. The average Bonchev–Trinajstić information content (AvgIpc) is 2.82. The number of fused-ring (bicyclic) bond motifs is 6. The predicted octanol–water partition coefficient (Wildman–Crippen LogP) is 5.69. The molecule has 4 aromatic carbocycles. The Kier molecular flexibility index (Phi) is 4.77. The maximum absolute atomic E-state index is 6.59. The van der Waals surface area contributed by atoms with Crippen LogP contribution in [0.15, 0.2) is 91.0 Å². The fourth-order valence-corrected chi connectivity index (χ4v) is 7.48. The first-order valence-electron chi connectivity index (χ1n) is 11.2. The molecular weight excluding hydrogens is 411 g/mol. The lowest BCUT2D eigenvalue weighted by atomic mass is 9.83. The fraction of sp³-hybridized carbons (Fsp3) is 0.172. The van der Waals surface area contributed by atoms with Crippen LogP contribution in [-0.4, -0.2) is 6.29 Å². The van der Waals surface area contributed by atoms with E-state index in [1.807, 2.05) is 0 Å².